The Morgan fingerprint density at radius 2 is 1.71 bits per heavy atom. The SMILES string of the molecule is C[C@@H]1C(=O)C(C#N)=C[C@]2(c3ccccc3)c3nn(C)c(-c4cccc(-c5ccc(NS(C)(=O)=O)cc5)c4)c3CC[C@@H]12. The molecule has 0 aliphatic heterocycles. The van der Waals surface area contributed by atoms with Gasteiger partial charge in [0.2, 0.25) is 10.0 Å². The third-order valence-electron chi connectivity index (χ3n) is 8.51. The molecule has 0 saturated carbocycles. The smallest absolute Gasteiger partial charge is 0.229 e. The van der Waals surface area contributed by atoms with Gasteiger partial charge in [0, 0.05) is 29.8 Å². The zero-order valence-corrected chi connectivity index (χ0v) is 23.9. The fourth-order valence-electron chi connectivity index (χ4n) is 6.77. The standard InChI is InChI=1S/C33H30N4O3S/c1-21-29-17-16-28-30(24-9-7-8-23(18-24)22-12-14-27(15-13-22)36-41(3,39)40)37(2)35-32(28)33(29,19-25(20-34)31(21)38)26-10-5-4-6-11-26/h4-15,18-19,21,29,36H,16-17H2,1-3H3/t21-,29-,33+/m0/s1. The molecule has 0 amide bonds. The van der Waals surface area contributed by atoms with Crippen LogP contribution in [0.1, 0.15) is 30.2 Å². The van der Waals surface area contributed by atoms with Crippen LogP contribution in [0.4, 0.5) is 5.69 Å². The number of nitrogens with one attached hydrogen (secondary N) is 1. The van der Waals surface area contributed by atoms with Crippen LogP contribution in [0.15, 0.2) is 90.5 Å². The van der Waals surface area contributed by atoms with E-state index in [1.54, 1.807) is 12.1 Å². The number of nitriles is 1. The monoisotopic (exact) mass is 562 g/mol. The van der Waals surface area contributed by atoms with Gasteiger partial charge in [-0.2, -0.15) is 10.4 Å². The number of hydrogen-bond donors (Lipinski definition) is 1. The van der Waals surface area contributed by atoms with Crippen LogP contribution in [0.2, 0.25) is 0 Å². The van der Waals surface area contributed by atoms with Gasteiger partial charge in [0.25, 0.3) is 0 Å². The van der Waals surface area contributed by atoms with E-state index in [2.05, 4.69) is 35.1 Å². The highest BCUT2D eigenvalue weighted by atomic mass is 32.2. The van der Waals surface area contributed by atoms with E-state index >= 15 is 0 Å². The van der Waals surface area contributed by atoms with Crippen LogP contribution in [-0.4, -0.2) is 30.2 Å². The molecule has 1 N–H and O–H groups in total. The second kappa shape index (κ2) is 9.86. The maximum absolute atomic E-state index is 13.1. The average Bonchev–Trinajstić information content (AvgIpc) is 3.31. The highest BCUT2D eigenvalue weighted by Crippen LogP contribution is 2.54. The summed E-state index contributed by atoms with van der Waals surface area (Å²) < 4.78 is 27.6. The minimum atomic E-state index is -3.35. The summed E-state index contributed by atoms with van der Waals surface area (Å²) in [5.74, 6) is -0.388. The number of hydrogen-bond acceptors (Lipinski definition) is 5. The molecule has 1 heterocycles. The molecule has 3 atom stereocenters. The highest BCUT2D eigenvalue weighted by Gasteiger charge is 2.54. The van der Waals surface area contributed by atoms with Crippen LogP contribution < -0.4 is 4.72 Å². The Morgan fingerprint density at radius 3 is 2.39 bits per heavy atom. The maximum Gasteiger partial charge on any atom is 0.229 e. The number of aryl methyl sites for hydroxylation is 1. The first-order valence-corrected chi connectivity index (χ1v) is 15.5. The fraction of sp³-hybridized carbons (Fsp3) is 0.242. The van der Waals surface area contributed by atoms with Gasteiger partial charge < -0.3 is 0 Å². The molecule has 0 saturated heterocycles. The summed E-state index contributed by atoms with van der Waals surface area (Å²) in [7, 11) is -1.40. The Kier molecular flexibility index (Phi) is 6.43. The lowest BCUT2D eigenvalue weighted by molar-refractivity contribution is -0.121. The number of sulfonamides is 1. The first kappa shape index (κ1) is 26.7. The first-order valence-electron chi connectivity index (χ1n) is 13.6. The molecule has 2 aliphatic rings. The molecule has 0 unspecified atom stereocenters. The summed E-state index contributed by atoms with van der Waals surface area (Å²) in [6.07, 6.45) is 4.59. The van der Waals surface area contributed by atoms with Crippen LogP contribution in [0, 0.1) is 23.2 Å². The molecule has 0 fully saturated rings. The second-order valence-electron chi connectivity index (χ2n) is 11.0. The zero-order chi connectivity index (χ0) is 28.9. The molecular formula is C33H30N4O3S. The molecule has 0 spiro atoms. The summed E-state index contributed by atoms with van der Waals surface area (Å²) >= 11 is 0. The first-order chi connectivity index (χ1) is 19.6. The van der Waals surface area contributed by atoms with Crippen LogP contribution in [0.25, 0.3) is 22.4 Å². The number of carbonyl (C=O) groups is 1. The minimum absolute atomic E-state index is 0.00450. The summed E-state index contributed by atoms with van der Waals surface area (Å²) in [5, 5.41) is 15.1. The molecule has 0 bridgehead atoms. The number of allylic oxidation sites excluding steroid dienone is 2. The van der Waals surface area contributed by atoms with Crippen molar-refractivity contribution < 1.29 is 13.2 Å². The van der Waals surface area contributed by atoms with Crippen molar-refractivity contribution in [3.63, 3.8) is 0 Å². The van der Waals surface area contributed by atoms with Gasteiger partial charge in [-0.05, 0) is 59.7 Å². The van der Waals surface area contributed by atoms with Crippen molar-refractivity contribution in [2.24, 2.45) is 18.9 Å². The van der Waals surface area contributed by atoms with Crippen molar-refractivity contribution >= 4 is 21.5 Å². The van der Waals surface area contributed by atoms with Gasteiger partial charge in [-0.15, -0.1) is 0 Å². The van der Waals surface area contributed by atoms with Crippen molar-refractivity contribution in [2.75, 3.05) is 11.0 Å². The number of ketones is 1. The van der Waals surface area contributed by atoms with Gasteiger partial charge in [-0.3, -0.25) is 14.2 Å². The average molecular weight is 563 g/mol. The normalized spacial score (nSPS) is 21.8. The molecular weight excluding hydrogens is 532 g/mol. The van der Waals surface area contributed by atoms with E-state index in [9.17, 15) is 18.5 Å². The highest BCUT2D eigenvalue weighted by molar-refractivity contribution is 7.92. The van der Waals surface area contributed by atoms with Gasteiger partial charge in [0.1, 0.15) is 6.07 Å². The van der Waals surface area contributed by atoms with E-state index < -0.39 is 15.4 Å². The van der Waals surface area contributed by atoms with Crippen LogP contribution in [0.3, 0.4) is 0 Å². The molecule has 4 aromatic rings. The summed E-state index contributed by atoms with van der Waals surface area (Å²) in [4.78, 5) is 13.1. The Balaban J connectivity index is 1.49. The quantitative estimate of drug-likeness (QED) is 0.339. The summed E-state index contributed by atoms with van der Waals surface area (Å²) in [6.45, 7) is 1.95. The summed E-state index contributed by atoms with van der Waals surface area (Å²) in [6, 6.07) is 27.9. The minimum Gasteiger partial charge on any atom is -0.293 e. The van der Waals surface area contributed by atoms with Crippen molar-refractivity contribution in [3.05, 3.63) is 107 Å². The Morgan fingerprint density at radius 1 is 1.00 bits per heavy atom. The molecule has 1 aromatic heterocycles. The van der Waals surface area contributed by atoms with Gasteiger partial charge in [-0.1, -0.05) is 67.6 Å². The molecule has 0 radical (unpaired) electrons. The maximum atomic E-state index is 13.1. The van der Waals surface area contributed by atoms with E-state index in [4.69, 9.17) is 5.10 Å². The predicted molar refractivity (Wildman–Crippen MR) is 159 cm³/mol. The second-order valence-corrected chi connectivity index (χ2v) is 12.8. The number of carbonyl (C=O) groups excluding carboxylic acids is 1. The van der Waals surface area contributed by atoms with E-state index in [1.807, 2.05) is 67.2 Å². The predicted octanol–water partition coefficient (Wildman–Crippen LogP) is 5.64. The topological polar surface area (TPSA) is 105 Å². The number of Topliss-reactive ketones (excluding diaryl/α,β-unsaturated/α-hetero) is 1. The zero-order valence-electron chi connectivity index (χ0n) is 23.1. The van der Waals surface area contributed by atoms with Gasteiger partial charge in [0.05, 0.1) is 28.6 Å². The van der Waals surface area contributed by atoms with E-state index in [-0.39, 0.29) is 23.2 Å². The third kappa shape index (κ3) is 4.47. The van der Waals surface area contributed by atoms with Crippen LogP contribution in [-0.2, 0) is 33.7 Å². The van der Waals surface area contributed by atoms with Crippen LogP contribution >= 0.6 is 0 Å². The Labute approximate surface area is 240 Å². The van der Waals surface area contributed by atoms with Crippen molar-refractivity contribution in [2.45, 2.75) is 25.2 Å². The van der Waals surface area contributed by atoms with Crippen molar-refractivity contribution in [3.8, 4) is 28.5 Å². The molecule has 41 heavy (non-hydrogen) atoms. The lowest BCUT2D eigenvalue weighted by atomic mass is 9.54. The lowest BCUT2D eigenvalue weighted by Gasteiger charge is -2.47. The number of fused-ring (bicyclic) bond motifs is 3. The number of anilines is 1. The number of benzene rings is 3. The Bertz CT molecular complexity index is 1850. The number of aromatic nitrogens is 2. The molecule has 7 nitrogen and oxygen atoms in total. The molecule has 8 heteroatoms. The van der Waals surface area contributed by atoms with E-state index in [1.165, 1.54) is 0 Å². The fourth-order valence-corrected chi connectivity index (χ4v) is 7.34. The number of rotatable bonds is 5. The molecule has 206 valence electrons. The largest absolute Gasteiger partial charge is 0.293 e. The van der Waals surface area contributed by atoms with E-state index in [0.717, 1.165) is 58.3 Å². The summed E-state index contributed by atoms with van der Waals surface area (Å²) in [5.41, 5.74) is 7.11. The molecule has 6 rings (SSSR count). The van der Waals surface area contributed by atoms with Crippen molar-refractivity contribution in [1.82, 2.24) is 9.78 Å². The molecule has 3 aromatic carbocycles. The third-order valence-corrected chi connectivity index (χ3v) is 9.12. The van der Waals surface area contributed by atoms with Gasteiger partial charge in [-0.25, -0.2) is 8.42 Å². The van der Waals surface area contributed by atoms with E-state index in [0.29, 0.717) is 5.69 Å². The number of nitrogens with zero attached hydrogens (tertiary/aromatic N) is 3. The Hall–Kier alpha value is -4.48. The lowest BCUT2D eigenvalue weighted by Crippen LogP contribution is -2.48. The molecule has 2 aliphatic carbocycles. The van der Waals surface area contributed by atoms with Crippen LogP contribution in [0.5, 0.6) is 0 Å². The van der Waals surface area contributed by atoms with Gasteiger partial charge in [0.15, 0.2) is 5.78 Å². The van der Waals surface area contributed by atoms with Crippen molar-refractivity contribution in [1.29, 1.82) is 5.26 Å². The van der Waals surface area contributed by atoms with Gasteiger partial charge >= 0.3 is 0 Å².